The summed E-state index contributed by atoms with van der Waals surface area (Å²) in [5, 5.41) is 4.64. The predicted molar refractivity (Wildman–Crippen MR) is 120 cm³/mol. The van der Waals surface area contributed by atoms with E-state index in [0.717, 1.165) is 47.7 Å². The minimum Gasteiger partial charge on any atom is -0.355 e. The SMILES string of the molecule is CC(C)N(CCC(=O)NCCN1CCCC1)c1nc(Cc2ccc(Cl)cc2)ns1. The highest BCUT2D eigenvalue weighted by atomic mass is 35.5. The standard InChI is InChI=1S/C21H30ClN5OS/c1-16(2)27(13-9-20(28)23-10-14-26-11-3-4-12-26)21-24-19(25-29-21)15-17-5-7-18(22)8-6-17/h5-8,16H,3-4,9-15H2,1-2H3,(H,23,28). The van der Waals surface area contributed by atoms with Crippen LogP contribution in [0, 0.1) is 0 Å². The summed E-state index contributed by atoms with van der Waals surface area (Å²) in [7, 11) is 0. The van der Waals surface area contributed by atoms with Crippen LogP contribution in [0.3, 0.4) is 0 Å². The lowest BCUT2D eigenvalue weighted by molar-refractivity contribution is -0.120. The molecule has 3 rings (SSSR count). The molecule has 158 valence electrons. The molecule has 0 bridgehead atoms. The lowest BCUT2D eigenvalue weighted by Gasteiger charge is -2.25. The van der Waals surface area contributed by atoms with Crippen LogP contribution in [0.5, 0.6) is 0 Å². The van der Waals surface area contributed by atoms with Crippen LogP contribution >= 0.6 is 23.1 Å². The third kappa shape index (κ3) is 6.94. The maximum absolute atomic E-state index is 12.2. The van der Waals surface area contributed by atoms with E-state index in [2.05, 4.69) is 33.3 Å². The fourth-order valence-electron chi connectivity index (χ4n) is 3.46. The van der Waals surface area contributed by atoms with Gasteiger partial charge in [0.25, 0.3) is 0 Å². The van der Waals surface area contributed by atoms with Crippen molar-refractivity contribution in [2.24, 2.45) is 0 Å². The Bertz CT molecular complexity index is 774. The summed E-state index contributed by atoms with van der Waals surface area (Å²) in [6, 6.07) is 8.01. The van der Waals surface area contributed by atoms with Crippen LogP contribution in [-0.4, -0.2) is 58.9 Å². The maximum atomic E-state index is 12.2. The summed E-state index contributed by atoms with van der Waals surface area (Å²) >= 11 is 7.34. The molecule has 0 saturated carbocycles. The fourth-order valence-corrected chi connectivity index (χ4v) is 4.43. The Hall–Kier alpha value is -1.70. The smallest absolute Gasteiger partial charge is 0.221 e. The van der Waals surface area contributed by atoms with Gasteiger partial charge in [-0.15, -0.1) is 0 Å². The van der Waals surface area contributed by atoms with Crippen molar-refractivity contribution in [2.75, 3.05) is 37.6 Å². The van der Waals surface area contributed by atoms with E-state index < -0.39 is 0 Å². The van der Waals surface area contributed by atoms with Crippen molar-refractivity contribution in [3.05, 3.63) is 40.7 Å². The number of carbonyl (C=O) groups is 1. The zero-order valence-corrected chi connectivity index (χ0v) is 18.8. The second kappa shape index (κ2) is 10.9. The van der Waals surface area contributed by atoms with Crippen LogP contribution in [-0.2, 0) is 11.2 Å². The van der Waals surface area contributed by atoms with Gasteiger partial charge in [0.1, 0.15) is 5.82 Å². The molecular weight excluding hydrogens is 406 g/mol. The second-order valence-corrected chi connectivity index (χ2v) is 8.90. The van der Waals surface area contributed by atoms with Crippen molar-refractivity contribution in [1.82, 2.24) is 19.6 Å². The van der Waals surface area contributed by atoms with E-state index in [1.807, 2.05) is 24.3 Å². The van der Waals surface area contributed by atoms with E-state index in [0.29, 0.717) is 19.4 Å². The molecule has 1 N–H and O–H groups in total. The van der Waals surface area contributed by atoms with E-state index in [9.17, 15) is 4.79 Å². The number of nitrogens with zero attached hydrogens (tertiary/aromatic N) is 4. The number of carbonyl (C=O) groups excluding carboxylic acids is 1. The number of likely N-dealkylation sites (tertiary alicyclic amines) is 1. The van der Waals surface area contributed by atoms with Crippen LogP contribution in [0.1, 0.15) is 44.5 Å². The largest absolute Gasteiger partial charge is 0.355 e. The number of nitrogens with one attached hydrogen (secondary N) is 1. The van der Waals surface area contributed by atoms with Crippen LogP contribution in [0.2, 0.25) is 5.02 Å². The number of hydrogen-bond acceptors (Lipinski definition) is 6. The Balaban J connectivity index is 1.48. The molecule has 1 aliphatic heterocycles. The quantitative estimate of drug-likeness (QED) is 0.617. The van der Waals surface area contributed by atoms with Gasteiger partial charge in [-0.05, 0) is 57.5 Å². The van der Waals surface area contributed by atoms with Gasteiger partial charge in [0.05, 0.1) is 0 Å². The first-order valence-electron chi connectivity index (χ1n) is 10.3. The van der Waals surface area contributed by atoms with Gasteiger partial charge in [-0.3, -0.25) is 4.79 Å². The van der Waals surface area contributed by atoms with Gasteiger partial charge in [-0.25, -0.2) is 4.98 Å². The number of rotatable bonds is 10. The van der Waals surface area contributed by atoms with Crippen LogP contribution in [0.15, 0.2) is 24.3 Å². The summed E-state index contributed by atoms with van der Waals surface area (Å²) in [5.41, 5.74) is 1.13. The molecule has 1 saturated heterocycles. The summed E-state index contributed by atoms with van der Waals surface area (Å²) in [5.74, 6) is 0.897. The van der Waals surface area contributed by atoms with Crippen molar-refractivity contribution in [3.8, 4) is 0 Å². The predicted octanol–water partition coefficient (Wildman–Crippen LogP) is 3.60. The minimum atomic E-state index is 0.0979. The lowest BCUT2D eigenvalue weighted by Crippen LogP contribution is -2.37. The molecule has 29 heavy (non-hydrogen) atoms. The molecular formula is C21H30ClN5OS. The molecule has 1 aromatic heterocycles. The number of aromatic nitrogens is 2. The molecule has 6 nitrogen and oxygen atoms in total. The molecule has 8 heteroatoms. The Morgan fingerprint density at radius 3 is 2.69 bits per heavy atom. The highest BCUT2D eigenvalue weighted by Crippen LogP contribution is 2.22. The van der Waals surface area contributed by atoms with Crippen molar-refractivity contribution in [3.63, 3.8) is 0 Å². The molecule has 0 radical (unpaired) electrons. The highest BCUT2D eigenvalue weighted by molar-refractivity contribution is 7.09. The molecule has 1 aromatic carbocycles. The number of amides is 1. The minimum absolute atomic E-state index is 0.0979. The van der Waals surface area contributed by atoms with Gasteiger partial charge in [-0.2, -0.15) is 4.37 Å². The van der Waals surface area contributed by atoms with Gasteiger partial charge in [-0.1, -0.05) is 23.7 Å². The Morgan fingerprint density at radius 1 is 1.28 bits per heavy atom. The Labute approximate surface area is 182 Å². The van der Waals surface area contributed by atoms with E-state index >= 15 is 0 Å². The lowest BCUT2D eigenvalue weighted by atomic mass is 10.1. The maximum Gasteiger partial charge on any atom is 0.221 e. The molecule has 1 fully saturated rings. The van der Waals surface area contributed by atoms with Crippen LogP contribution < -0.4 is 10.2 Å². The molecule has 0 spiro atoms. The average molecular weight is 436 g/mol. The van der Waals surface area contributed by atoms with Gasteiger partial charge in [0, 0.05) is 55.1 Å². The number of benzene rings is 1. The normalized spacial score (nSPS) is 14.5. The zero-order chi connectivity index (χ0) is 20.6. The van der Waals surface area contributed by atoms with Gasteiger partial charge >= 0.3 is 0 Å². The molecule has 0 atom stereocenters. The van der Waals surface area contributed by atoms with E-state index in [1.54, 1.807) is 0 Å². The first-order valence-corrected chi connectivity index (χ1v) is 11.5. The van der Waals surface area contributed by atoms with E-state index in [1.165, 1.54) is 24.4 Å². The Kier molecular flexibility index (Phi) is 8.27. The second-order valence-electron chi connectivity index (χ2n) is 7.73. The number of anilines is 1. The number of halogens is 1. The van der Waals surface area contributed by atoms with Crippen LogP contribution in [0.25, 0.3) is 0 Å². The van der Waals surface area contributed by atoms with Gasteiger partial charge in [0.2, 0.25) is 11.0 Å². The van der Waals surface area contributed by atoms with E-state index in [4.69, 9.17) is 16.6 Å². The average Bonchev–Trinajstić information content (AvgIpc) is 3.36. The molecule has 0 aliphatic carbocycles. The van der Waals surface area contributed by atoms with Crippen molar-refractivity contribution in [2.45, 2.75) is 45.6 Å². The third-order valence-corrected chi connectivity index (χ3v) is 6.17. The molecule has 1 aliphatic rings. The van der Waals surface area contributed by atoms with Gasteiger partial charge in [0.15, 0.2) is 0 Å². The van der Waals surface area contributed by atoms with Crippen molar-refractivity contribution in [1.29, 1.82) is 0 Å². The molecule has 2 heterocycles. The monoisotopic (exact) mass is 435 g/mol. The van der Waals surface area contributed by atoms with Crippen molar-refractivity contribution >= 4 is 34.2 Å². The first-order chi connectivity index (χ1) is 14.0. The summed E-state index contributed by atoms with van der Waals surface area (Å²) in [6.07, 6.45) is 3.69. The third-order valence-electron chi connectivity index (χ3n) is 5.13. The highest BCUT2D eigenvalue weighted by Gasteiger charge is 2.18. The fraction of sp³-hybridized carbons (Fsp3) is 0.571. The molecule has 0 unspecified atom stereocenters. The Morgan fingerprint density at radius 2 is 2.00 bits per heavy atom. The summed E-state index contributed by atoms with van der Waals surface area (Å²) < 4.78 is 4.51. The summed E-state index contributed by atoms with van der Waals surface area (Å²) in [4.78, 5) is 21.5. The molecule has 2 aromatic rings. The summed E-state index contributed by atoms with van der Waals surface area (Å²) in [6.45, 7) is 8.87. The van der Waals surface area contributed by atoms with E-state index in [-0.39, 0.29) is 11.9 Å². The van der Waals surface area contributed by atoms with Crippen molar-refractivity contribution < 1.29 is 4.79 Å². The van der Waals surface area contributed by atoms with Crippen LogP contribution in [0.4, 0.5) is 5.13 Å². The molecule has 1 amide bonds. The zero-order valence-electron chi connectivity index (χ0n) is 17.2. The van der Waals surface area contributed by atoms with Gasteiger partial charge < -0.3 is 15.1 Å². The first kappa shape index (κ1) is 22.0. The number of hydrogen-bond donors (Lipinski definition) is 1. The topological polar surface area (TPSA) is 61.4 Å².